The number of sulfonamides is 1. The van der Waals surface area contributed by atoms with E-state index in [9.17, 15) is 13.5 Å². The normalized spacial score (nSPS) is 23.3. The molecule has 2 unspecified atom stereocenters. The van der Waals surface area contributed by atoms with E-state index in [0.717, 1.165) is 18.4 Å². The minimum absolute atomic E-state index is 0.237. The van der Waals surface area contributed by atoms with Gasteiger partial charge in [-0.05, 0) is 43.5 Å². The molecule has 0 radical (unpaired) electrons. The number of aryl methyl sites for hydroxylation is 1. The summed E-state index contributed by atoms with van der Waals surface area (Å²) < 4.78 is 31.9. The van der Waals surface area contributed by atoms with Crippen molar-refractivity contribution in [2.45, 2.75) is 49.6 Å². The first-order chi connectivity index (χ1) is 9.87. The molecule has 0 spiro atoms. The molecule has 1 aromatic carbocycles. The SMILES string of the molecule is COc1ccc(S(=O)(=O)N(C)C2CCCCC2O)cc1C. The predicted octanol–water partition coefficient (Wildman–Crippen LogP) is 1.93. The molecular formula is C15H23NO4S. The Morgan fingerprint density at radius 2 is 1.95 bits per heavy atom. The molecule has 2 atom stereocenters. The molecule has 1 N–H and O–H groups in total. The van der Waals surface area contributed by atoms with Gasteiger partial charge in [-0.3, -0.25) is 0 Å². The Labute approximate surface area is 126 Å². The number of hydrogen-bond donors (Lipinski definition) is 1. The van der Waals surface area contributed by atoms with E-state index in [0.29, 0.717) is 18.6 Å². The second kappa shape index (κ2) is 6.34. The van der Waals surface area contributed by atoms with Gasteiger partial charge in [0, 0.05) is 7.05 Å². The Bertz CT molecular complexity index is 600. The van der Waals surface area contributed by atoms with Crippen LogP contribution in [-0.4, -0.2) is 44.1 Å². The largest absolute Gasteiger partial charge is 0.496 e. The Morgan fingerprint density at radius 1 is 1.29 bits per heavy atom. The van der Waals surface area contributed by atoms with Gasteiger partial charge in [0.25, 0.3) is 0 Å². The molecule has 2 rings (SSSR count). The lowest BCUT2D eigenvalue weighted by atomic mass is 9.93. The van der Waals surface area contributed by atoms with E-state index in [2.05, 4.69) is 0 Å². The first kappa shape index (κ1) is 16.3. The Balaban J connectivity index is 2.30. The smallest absolute Gasteiger partial charge is 0.243 e. The van der Waals surface area contributed by atoms with E-state index >= 15 is 0 Å². The summed E-state index contributed by atoms with van der Waals surface area (Å²) in [4.78, 5) is 0.237. The topological polar surface area (TPSA) is 66.8 Å². The van der Waals surface area contributed by atoms with Crippen molar-refractivity contribution >= 4 is 10.0 Å². The molecule has 0 amide bonds. The van der Waals surface area contributed by atoms with Crippen LogP contribution in [0.3, 0.4) is 0 Å². The lowest BCUT2D eigenvalue weighted by Gasteiger charge is -2.34. The Kier molecular flexibility index (Phi) is 4.91. The number of ether oxygens (including phenoxy) is 1. The second-order valence-corrected chi connectivity index (χ2v) is 7.57. The maximum absolute atomic E-state index is 12.7. The lowest BCUT2D eigenvalue weighted by molar-refractivity contribution is 0.0638. The van der Waals surface area contributed by atoms with Crippen LogP contribution >= 0.6 is 0 Å². The zero-order valence-corrected chi connectivity index (χ0v) is 13.6. The highest BCUT2D eigenvalue weighted by Crippen LogP contribution is 2.28. The van der Waals surface area contributed by atoms with E-state index in [4.69, 9.17) is 4.74 Å². The molecule has 1 fully saturated rings. The van der Waals surface area contributed by atoms with Gasteiger partial charge in [0.2, 0.25) is 10.0 Å². The number of likely N-dealkylation sites (N-methyl/N-ethyl adjacent to an activating group) is 1. The summed E-state index contributed by atoms with van der Waals surface area (Å²) >= 11 is 0. The standard InChI is InChI=1S/C15H23NO4S/c1-11-10-12(8-9-15(11)20-3)21(18,19)16(2)13-6-4-5-7-14(13)17/h8-10,13-14,17H,4-7H2,1-3H3. The maximum atomic E-state index is 12.7. The highest BCUT2D eigenvalue weighted by Gasteiger charge is 2.34. The molecule has 0 aliphatic heterocycles. The van der Waals surface area contributed by atoms with Crippen LogP contribution in [0.1, 0.15) is 31.2 Å². The van der Waals surface area contributed by atoms with E-state index < -0.39 is 16.1 Å². The van der Waals surface area contributed by atoms with Crippen molar-refractivity contribution in [2.24, 2.45) is 0 Å². The summed E-state index contributed by atoms with van der Waals surface area (Å²) in [5, 5.41) is 10.1. The zero-order valence-electron chi connectivity index (χ0n) is 12.7. The van der Waals surface area contributed by atoms with Gasteiger partial charge in [-0.2, -0.15) is 4.31 Å². The van der Waals surface area contributed by atoms with Gasteiger partial charge in [0.1, 0.15) is 5.75 Å². The molecule has 118 valence electrons. The van der Waals surface area contributed by atoms with Crippen molar-refractivity contribution in [2.75, 3.05) is 14.2 Å². The lowest BCUT2D eigenvalue weighted by Crippen LogP contribution is -2.46. The van der Waals surface area contributed by atoms with Gasteiger partial charge in [0.05, 0.1) is 24.2 Å². The molecule has 1 aliphatic carbocycles. The quantitative estimate of drug-likeness (QED) is 0.922. The van der Waals surface area contributed by atoms with Crippen molar-refractivity contribution in [1.29, 1.82) is 0 Å². The highest BCUT2D eigenvalue weighted by atomic mass is 32.2. The van der Waals surface area contributed by atoms with Crippen LogP contribution in [-0.2, 0) is 10.0 Å². The molecule has 1 aromatic rings. The molecule has 6 heteroatoms. The zero-order chi connectivity index (χ0) is 15.6. The van der Waals surface area contributed by atoms with E-state index in [1.165, 1.54) is 4.31 Å². The summed E-state index contributed by atoms with van der Waals surface area (Å²) in [7, 11) is -0.495. The van der Waals surface area contributed by atoms with Crippen molar-refractivity contribution < 1.29 is 18.3 Å². The number of nitrogens with zero attached hydrogens (tertiary/aromatic N) is 1. The molecule has 0 bridgehead atoms. The average Bonchev–Trinajstić information content (AvgIpc) is 2.47. The number of hydrogen-bond acceptors (Lipinski definition) is 4. The third-order valence-corrected chi connectivity index (χ3v) is 6.08. The number of rotatable bonds is 4. The third-order valence-electron chi connectivity index (χ3n) is 4.20. The van der Waals surface area contributed by atoms with Gasteiger partial charge in [-0.1, -0.05) is 12.8 Å². The van der Waals surface area contributed by atoms with E-state index in [1.54, 1.807) is 32.4 Å². The minimum atomic E-state index is -3.60. The second-order valence-electron chi connectivity index (χ2n) is 5.57. The molecule has 21 heavy (non-hydrogen) atoms. The van der Waals surface area contributed by atoms with Gasteiger partial charge < -0.3 is 9.84 Å². The van der Waals surface area contributed by atoms with Gasteiger partial charge >= 0.3 is 0 Å². The van der Waals surface area contributed by atoms with Crippen molar-refractivity contribution in [3.05, 3.63) is 23.8 Å². The molecule has 1 aliphatic rings. The van der Waals surface area contributed by atoms with E-state index in [1.807, 2.05) is 6.92 Å². The molecule has 0 saturated heterocycles. The fourth-order valence-electron chi connectivity index (χ4n) is 2.87. The first-order valence-corrected chi connectivity index (χ1v) is 8.62. The summed E-state index contributed by atoms with van der Waals surface area (Å²) in [5.74, 6) is 0.661. The predicted molar refractivity (Wildman–Crippen MR) is 80.9 cm³/mol. The Hall–Kier alpha value is -1.11. The fourth-order valence-corrected chi connectivity index (χ4v) is 4.37. The summed E-state index contributed by atoms with van der Waals surface area (Å²) in [6.45, 7) is 1.81. The van der Waals surface area contributed by atoms with Crippen LogP contribution in [0.25, 0.3) is 0 Å². The third kappa shape index (κ3) is 3.22. The van der Waals surface area contributed by atoms with Crippen LogP contribution in [0.15, 0.2) is 23.1 Å². The van der Waals surface area contributed by atoms with Gasteiger partial charge in [0.15, 0.2) is 0 Å². The highest BCUT2D eigenvalue weighted by molar-refractivity contribution is 7.89. The first-order valence-electron chi connectivity index (χ1n) is 7.18. The van der Waals surface area contributed by atoms with Crippen LogP contribution in [0.5, 0.6) is 5.75 Å². The van der Waals surface area contributed by atoms with Crippen LogP contribution < -0.4 is 4.74 Å². The minimum Gasteiger partial charge on any atom is -0.496 e. The number of aliphatic hydroxyl groups is 1. The van der Waals surface area contributed by atoms with E-state index in [-0.39, 0.29) is 10.9 Å². The van der Waals surface area contributed by atoms with Crippen molar-refractivity contribution in [1.82, 2.24) is 4.31 Å². The summed E-state index contributed by atoms with van der Waals surface area (Å²) in [6.07, 6.45) is 2.67. The average molecular weight is 313 g/mol. The summed E-state index contributed by atoms with van der Waals surface area (Å²) in [5.41, 5.74) is 0.774. The molecular weight excluding hydrogens is 290 g/mol. The molecule has 0 heterocycles. The Morgan fingerprint density at radius 3 is 2.52 bits per heavy atom. The number of aliphatic hydroxyl groups excluding tert-OH is 1. The van der Waals surface area contributed by atoms with Gasteiger partial charge in [-0.15, -0.1) is 0 Å². The van der Waals surface area contributed by atoms with Gasteiger partial charge in [-0.25, -0.2) is 8.42 Å². The molecule has 1 saturated carbocycles. The molecule has 5 nitrogen and oxygen atoms in total. The molecule has 0 aromatic heterocycles. The summed E-state index contributed by atoms with van der Waals surface area (Å²) in [6, 6.07) is 4.48. The maximum Gasteiger partial charge on any atom is 0.243 e. The number of benzene rings is 1. The van der Waals surface area contributed by atoms with Crippen LogP contribution in [0, 0.1) is 6.92 Å². The van der Waals surface area contributed by atoms with Crippen LogP contribution in [0.2, 0.25) is 0 Å². The monoisotopic (exact) mass is 313 g/mol. The fraction of sp³-hybridized carbons (Fsp3) is 0.600. The van der Waals surface area contributed by atoms with Crippen molar-refractivity contribution in [3.8, 4) is 5.75 Å². The number of methoxy groups -OCH3 is 1. The van der Waals surface area contributed by atoms with Crippen LogP contribution in [0.4, 0.5) is 0 Å². The van der Waals surface area contributed by atoms with Crippen molar-refractivity contribution in [3.63, 3.8) is 0 Å².